The van der Waals surface area contributed by atoms with Gasteiger partial charge >= 0.3 is 0 Å². The molecule has 1 fully saturated rings. The molecule has 0 unspecified atom stereocenters. The van der Waals surface area contributed by atoms with E-state index >= 15 is 0 Å². The second-order valence-corrected chi connectivity index (χ2v) is 3.94. The smallest absolute Gasteiger partial charge is 0.128 e. The second-order valence-electron chi connectivity index (χ2n) is 3.94. The number of anilines is 1. The molecule has 72 valence electrons. The molecule has 0 amide bonds. The van der Waals surface area contributed by atoms with Crippen molar-refractivity contribution in [2.24, 2.45) is 5.41 Å². The van der Waals surface area contributed by atoms with E-state index in [1.54, 1.807) is 6.20 Å². The van der Waals surface area contributed by atoms with Gasteiger partial charge in [-0.2, -0.15) is 5.26 Å². The van der Waals surface area contributed by atoms with Gasteiger partial charge in [0, 0.05) is 19.8 Å². The highest BCUT2D eigenvalue weighted by atomic mass is 15.2. The molecule has 0 spiro atoms. The van der Waals surface area contributed by atoms with Gasteiger partial charge in [-0.05, 0) is 25.0 Å². The molecule has 1 saturated carbocycles. The number of pyridine rings is 1. The topological polar surface area (TPSA) is 39.9 Å². The fourth-order valence-corrected chi connectivity index (χ4v) is 1.57. The van der Waals surface area contributed by atoms with E-state index in [1.807, 2.05) is 25.2 Å². The van der Waals surface area contributed by atoms with Gasteiger partial charge in [0.2, 0.25) is 0 Å². The van der Waals surface area contributed by atoms with Crippen molar-refractivity contribution in [2.75, 3.05) is 18.5 Å². The quantitative estimate of drug-likeness (QED) is 0.724. The SMILES string of the molecule is CN(CC1(C#N)CC1)c1ccccn1. The van der Waals surface area contributed by atoms with E-state index in [0.717, 1.165) is 25.2 Å². The summed E-state index contributed by atoms with van der Waals surface area (Å²) in [5.41, 5.74) is -0.0910. The summed E-state index contributed by atoms with van der Waals surface area (Å²) in [6.45, 7) is 0.792. The van der Waals surface area contributed by atoms with Crippen molar-refractivity contribution >= 4 is 5.82 Å². The summed E-state index contributed by atoms with van der Waals surface area (Å²) < 4.78 is 0. The molecule has 2 rings (SSSR count). The monoisotopic (exact) mass is 187 g/mol. The van der Waals surface area contributed by atoms with Gasteiger partial charge in [0.15, 0.2) is 0 Å². The van der Waals surface area contributed by atoms with Crippen LogP contribution in [0, 0.1) is 16.7 Å². The lowest BCUT2D eigenvalue weighted by atomic mass is 10.1. The summed E-state index contributed by atoms with van der Waals surface area (Å²) in [7, 11) is 1.99. The zero-order valence-electron chi connectivity index (χ0n) is 8.27. The predicted octanol–water partition coefficient (Wildman–Crippen LogP) is 1.82. The van der Waals surface area contributed by atoms with Crippen LogP contribution in [0.4, 0.5) is 5.82 Å². The number of nitrogens with zero attached hydrogens (tertiary/aromatic N) is 3. The highest BCUT2D eigenvalue weighted by molar-refractivity contribution is 5.38. The van der Waals surface area contributed by atoms with Crippen LogP contribution in [0.1, 0.15) is 12.8 Å². The van der Waals surface area contributed by atoms with Gasteiger partial charge in [-0.25, -0.2) is 4.98 Å². The lowest BCUT2D eigenvalue weighted by Crippen LogP contribution is -2.26. The third-order valence-electron chi connectivity index (χ3n) is 2.67. The summed E-state index contributed by atoms with van der Waals surface area (Å²) in [5, 5.41) is 8.96. The molecule has 0 radical (unpaired) electrons. The molecular weight excluding hydrogens is 174 g/mol. The van der Waals surface area contributed by atoms with Crippen LogP contribution in [0.25, 0.3) is 0 Å². The summed E-state index contributed by atoms with van der Waals surface area (Å²) in [5.74, 6) is 0.939. The summed E-state index contributed by atoms with van der Waals surface area (Å²) >= 11 is 0. The molecule has 1 aromatic heterocycles. The van der Waals surface area contributed by atoms with Crippen LogP contribution < -0.4 is 4.90 Å². The molecule has 0 atom stereocenters. The van der Waals surface area contributed by atoms with Gasteiger partial charge in [0.05, 0.1) is 11.5 Å². The van der Waals surface area contributed by atoms with Crippen LogP contribution in [0.2, 0.25) is 0 Å². The van der Waals surface area contributed by atoms with Crippen LogP contribution in [0.15, 0.2) is 24.4 Å². The average Bonchev–Trinajstić information content (AvgIpc) is 3.00. The summed E-state index contributed by atoms with van der Waals surface area (Å²) in [6, 6.07) is 8.21. The number of hydrogen-bond acceptors (Lipinski definition) is 3. The number of aromatic nitrogens is 1. The first-order valence-electron chi connectivity index (χ1n) is 4.79. The molecule has 0 aliphatic heterocycles. The Morgan fingerprint density at radius 2 is 2.36 bits per heavy atom. The minimum absolute atomic E-state index is 0.0910. The Balaban J connectivity index is 2.04. The highest BCUT2D eigenvalue weighted by Gasteiger charge is 2.44. The minimum Gasteiger partial charge on any atom is -0.358 e. The van der Waals surface area contributed by atoms with Gasteiger partial charge in [-0.15, -0.1) is 0 Å². The largest absolute Gasteiger partial charge is 0.358 e. The molecule has 14 heavy (non-hydrogen) atoms. The molecule has 0 bridgehead atoms. The van der Waals surface area contributed by atoms with E-state index < -0.39 is 0 Å². The normalized spacial score (nSPS) is 17.1. The Morgan fingerprint density at radius 1 is 1.57 bits per heavy atom. The van der Waals surface area contributed by atoms with Crippen LogP contribution in [0.3, 0.4) is 0 Å². The maximum absolute atomic E-state index is 8.96. The third-order valence-corrected chi connectivity index (χ3v) is 2.67. The van der Waals surface area contributed by atoms with E-state index in [0.29, 0.717) is 0 Å². The zero-order valence-corrected chi connectivity index (χ0v) is 8.27. The van der Waals surface area contributed by atoms with Crippen molar-refractivity contribution in [1.82, 2.24) is 4.98 Å². The molecule has 1 heterocycles. The maximum Gasteiger partial charge on any atom is 0.128 e. The average molecular weight is 187 g/mol. The Labute approximate surface area is 84.0 Å². The lowest BCUT2D eigenvalue weighted by Gasteiger charge is -2.20. The van der Waals surface area contributed by atoms with Crippen molar-refractivity contribution in [3.05, 3.63) is 24.4 Å². The van der Waals surface area contributed by atoms with E-state index in [9.17, 15) is 0 Å². The van der Waals surface area contributed by atoms with E-state index in [2.05, 4.69) is 16.0 Å². The second kappa shape index (κ2) is 3.30. The van der Waals surface area contributed by atoms with Crippen molar-refractivity contribution < 1.29 is 0 Å². The predicted molar refractivity (Wildman–Crippen MR) is 54.8 cm³/mol. The first kappa shape index (κ1) is 9.01. The molecule has 1 aliphatic carbocycles. The minimum atomic E-state index is -0.0910. The number of nitriles is 1. The molecule has 3 heteroatoms. The van der Waals surface area contributed by atoms with Gasteiger partial charge in [0.1, 0.15) is 5.82 Å². The van der Waals surface area contributed by atoms with Crippen LogP contribution in [0.5, 0.6) is 0 Å². The molecule has 1 aliphatic rings. The van der Waals surface area contributed by atoms with Crippen molar-refractivity contribution in [3.8, 4) is 6.07 Å². The third kappa shape index (κ3) is 1.69. The van der Waals surface area contributed by atoms with Crippen molar-refractivity contribution in [2.45, 2.75) is 12.8 Å². The summed E-state index contributed by atoms with van der Waals surface area (Å²) in [6.07, 6.45) is 3.83. The van der Waals surface area contributed by atoms with Crippen LogP contribution >= 0.6 is 0 Å². The molecular formula is C11H13N3. The fourth-order valence-electron chi connectivity index (χ4n) is 1.57. The number of rotatable bonds is 3. The Morgan fingerprint density at radius 3 is 2.86 bits per heavy atom. The van der Waals surface area contributed by atoms with Crippen molar-refractivity contribution in [1.29, 1.82) is 5.26 Å². The Kier molecular flexibility index (Phi) is 2.12. The maximum atomic E-state index is 8.96. The van der Waals surface area contributed by atoms with Gasteiger partial charge in [-0.3, -0.25) is 0 Å². The lowest BCUT2D eigenvalue weighted by molar-refractivity contribution is 0.649. The molecule has 0 N–H and O–H groups in total. The van der Waals surface area contributed by atoms with Crippen molar-refractivity contribution in [3.63, 3.8) is 0 Å². The van der Waals surface area contributed by atoms with Gasteiger partial charge < -0.3 is 4.90 Å². The zero-order chi connectivity index (χ0) is 10.0. The van der Waals surface area contributed by atoms with Crippen LogP contribution in [-0.2, 0) is 0 Å². The Hall–Kier alpha value is -1.56. The first-order valence-corrected chi connectivity index (χ1v) is 4.79. The first-order chi connectivity index (χ1) is 6.76. The highest BCUT2D eigenvalue weighted by Crippen LogP contribution is 2.45. The Bertz CT molecular complexity index is 349. The van der Waals surface area contributed by atoms with E-state index in [4.69, 9.17) is 5.26 Å². The van der Waals surface area contributed by atoms with E-state index in [-0.39, 0.29) is 5.41 Å². The van der Waals surface area contributed by atoms with Crippen LogP contribution in [-0.4, -0.2) is 18.6 Å². The molecule has 0 aromatic carbocycles. The molecule has 3 nitrogen and oxygen atoms in total. The standard InChI is InChI=1S/C11H13N3/c1-14(9-11(8-12)5-6-11)10-4-2-3-7-13-10/h2-4,7H,5-6,9H2,1H3. The van der Waals surface area contributed by atoms with Gasteiger partial charge in [0.25, 0.3) is 0 Å². The summed E-state index contributed by atoms with van der Waals surface area (Å²) in [4.78, 5) is 6.29. The fraction of sp³-hybridized carbons (Fsp3) is 0.455. The number of hydrogen-bond donors (Lipinski definition) is 0. The molecule has 1 aromatic rings. The van der Waals surface area contributed by atoms with Gasteiger partial charge in [-0.1, -0.05) is 6.07 Å². The molecule has 0 saturated heterocycles. The van der Waals surface area contributed by atoms with E-state index in [1.165, 1.54) is 0 Å².